The average molecular weight is 287 g/mol. The van der Waals surface area contributed by atoms with E-state index in [1.54, 1.807) is 37.4 Å². The first kappa shape index (κ1) is 15.0. The number of nitrogens with one attached hydrogen (secondary N) is 1. The van der Waals surface area contributed by atoms with Crippen LogP contribution >= 0.6 is 0 Å². The SMILES string of the molecule is CN(Cc1ccccc1F)C(=O)Nc1ccc(CN)cc1. The lowest BCUT2D eigenvalue weighted by Crippen LogP contribution is -2.31. The first-order chi connectivity index (χ1) is 10.1. The van der Waals surface area contributed by atoms with Crippen LogP contribution in [0.15, 0.2) is 48.5 Å². The monoisotopic (exact) mass is 287 g/mol. The zero-order valence-corrected chi connectivity index (χ0v) is 11.8. The van der Waals surface area contributed by atoms with Gasteiger partial charge in [-0.15, -0.1) is 0 Å². The van der Waals surface area contributed by atoms with E-state index in [2.05, 4.69) is 5.32 Å². The molecule has 2 aromatic carbocycles. The van der Waals surface area contributed by atoms with E-state index in [4.69, 9.17) is 5.73 Å². The molecule has 0 unspecified atom stereocenters. The van der Waals surface area contributed by atoms with Gasteiger partial charge in [-0.2, -0.15) is 0 Å². The van der Waals surface area contributed by atoms with E-state index in [0.717, 1.165) is 5.56 Å². The number of hydrogen-bond acceptors (Lipinski definition) is 2. The van der Waals surface area contributed by atoms with Crippen LogP contribution < -0.4 is 11.1 Å². The van der Waals surface area contributed by atoms with Crippen LogP contribution in [0.25, 0.3) is 0 Å². The molecule has 110 valence electrons. The van der Waals surface area contributed by atoms with Crippen LogP contribution in [0.1, 0.15) is 11.1 Å². The second kappa shape index (κ2) is 6.85. The number of rotatable bonds is 4. The minimum atomic E-state index is -0.315. The molecule has 2 aromatic rings. The van der Waals surface area contributed by atoms with Gasteiger partial charge < -0.3 is 16.0 Å². The van der Waals surface area contributed by atoms with Crippen molar-refractivity contribution in [3.63, 3.8) is 0 Å². The number of anilines is 1. The lowest BCUT2D eigenvalue weighted by molar-refractivity contribution is 0.220. The molecule has 2 rings (SSSR count). The van der Waals surface area contributed by atoms with Gasteiger partial charge in [0.15, 0.2) is 0 Å². The van der Waals surface area contributed by atoms with Crippen molar-refractivity contribution >= 4 is 11.7 Å². The number of carbonyl (C=O) groups is 1. The smallest absolute Gasteiger partial charge is 0.321 e. The average Bonchev–Trinajstić information content (AvgIpc) is 2.50. The first-order valence-electron chi connectivity index (χ1n) is 6.64. The molecule has 0 aromatic heterocycles. The first-order valence-corrected chi connectivity index (χ1v) is 6.64. The third kappa shape index (κ3) is 4.03. The van der Waals surface area contributed by atoms with E-state index < -0.39 is 0 Å². The van der Waals surface area contributed by atoms with Crippen LogP contribution in [0.3, 0.4) is 0 Å². The fraction of sp³-hybridized carbons (Fsp3) is 0.188. The molecule has 0 saturated carbocycles. The van der Waals surface area contributed by atoms with Crippen molar-refractivity contribution in [2.75, 3.05) is 12.4 Å². The Morgan fingerprint density at radius 3 is 2.48 bits per heavy atom. The topological polar surface area (TPSA) is 58.4 Å². The quantitative estimate of drug-likeness (QED) is 0.908. The number of halogens is 1. The lowest BCUT2D eigenvalue weighted by Gasteiger charge is -2.18. The van der Waals surface area contributed by atoms with Crippen LogP contribution in [0.2, 0.25) is 0 Å². The summed E-state index contributed by atoms with van der Waals surface area (Å²) in [6.45, 7) is 0.667. The van der Waals surface area contributed by atoms with Gasteiger partial charge in [-0.1, -0.05) is 30.3 Å². The molecule has 0 atom stereocenters. The number of nitrogens with two attached hydrogens (primary N) is 1. The Morgan fingerprint density at radius 1 is 1.19 bits per heavy atom. The molecule has 0 aliphatic carbocycles. The zero-order valence-electron chi connectivity index (χ0n) is 11.8. The van der Waals surface area contributed by atoms with E-state index in [-0.39, 0.29) is 18.4 Å². The number of urea groups is 1. The van der Waals surface area contributed by atoms with Crippen molar-refractivity contribution in [2.24, 2.45) is 5.73 Å². The van der Waals surface area contributed by atoms with Crippen molar-refractivity contribution in [1.82, 2.24) is 4.90 Å². The number of amides is 2. The molecule has 3 N–H and O–H groups in total. The minimum Gasteiger partial charge on any atom is -0.326 e. The normalized spacial score (nSPS) is 10.2. The lowest BCUT2D eigenvalue weighted by atomic mass is 10.2. The Bertz CT molecular complexity index is 613. The highest BCUT2D eigenvalue weighted by molar-refractivity contribution is 5.89. The fourth-order valence-electron chi connectivity index (χ4n) is 1.90. The molecule has 0 heterocycles. The van der Waals surface area contributed by atoms with Crippen molar-refractivity contribution in [1.29, 1.82) is 0 Å². The maximum atomic E-state index is 13.6. The number of hydrogen-bond donors (Lipinski definition) is 2. The van der Waals surface area contributed by atoms with E-state index in [9.17, 15) is 9.18 Å². The largest absolute Gasteiger partial charge is 0.326 e. The zero-order chi connectivity index (χ0) is 15.2. The molecule has 0 bridgehead atoms. The van der Waals surface area contributed by atoms with E-state index in [1.807, 2.05) is 12.1 Å². The third-order valence-corrected chi connectivity index (χ3v) is 3.15. The predicted molar refractivity (Wildman–Crippen MR) is 81.2 cm³/mol. The van der Waals surface area contributed by atoms with Gasteiger partial charge in [-0.3, -0.25) is 0 Å². The molecule has 21 heavy (non-hydrogen) atoms. The summed E-state index contributed by atoms with van der Waals surface area (Å²) >= 11 is 0. The summed E-state index contributed by atoms with van der Waals surface area (Å²) in [6, 6.07) is 13.4. The van der Waals surface area contributed by atoms with Crippen LogP contribution in [0, 0.1) is 5.82 Å². The Hall–Kier alpha value is -2.40. The molecule has 0 radical (unpaired) electrons. The molecule has 0 saturated heterocycles. The standard InChI is InChI=1S/C16H18FN3O/c1-20(11-13-4-2-3-5-15(13)17)16(21)19-14-8-6-12(10-18)7-9-14/h2-9H,10-11,18H2,1H3,(H,19,21). The van der Waals surface area contributed by atoms with Crippen LogP contribution in [-0.2, 0) is 13.1 Å². The predicted octanol–water partition coefficient (Wildman–Crippen LogP) is 2.95. The second-order valence-corrected chi connectivity index (χ2v) is 4.78. The highest BCUT2D eigenvalue weighted by atomic mass is 19.1. The van der Waals surface area contributed by atoms with Gasteiger partial charge in [0.25, 0.3) is 0 Å². The van der Waals surface area contributed by atoms with Crippen LogP contribution in [0.4, 0.5) is 14.9 Å². The molecule has 4 nitrogen and oxygen atoms in total. The van der Waals surface area contributed by atoms with E-state index in [0.29, 0.717) is 17.8 Å². The maximum Gasteiger partial charge on any atom is 0.321 e. The summed E-state index contributed by atoms with van der Waals surface area (Å²) in [7, 11) is 1.62. The molecule has 0 spiro atoms. The Balaban J connectivity index is 1.97. The summed E-state index contributed by atoms with van der Waals surface area (Å²) < 4.78 is 13.6. The molecule has 0 aliphatic rings. The Labute approximate surface area is 123 Å². The van der Waals surface area contributed by atoms with Crippen molar-refractivity contribution < 1.29 is 9.18 Å². The minimum absolute atomic E-state index is 0.208. The van der Waals surface area contributed by atoms with E-state index in [1.165, 1.54) is 11.0 Å². The number of carbonyl (C=O) groups excluding carboxylic acids is 1. The van der Waals surface area contributed by atoms with Crippen molar-refractivity contribution in [3.8, 4) is 0 Å². The summed E-state index contributed by atoms with van der Waals surface area (Å²) in [6.07, 6.45) is 0. The highest BCUT2D eigenvalue weighted by Gasteiger charge is 2.11. The van der Waals surface area contributed by atoms with Crippen molar-refractivity contribution in [2.45, 2.75) is 13.1 Å². The molecular weight excluding hydrogens is 269 g/mol. The van der Waals surface area contributed by atoms with Gasteiger partial charge >= 0.3 is 6.03 Å². The Kier molecular flexibility index (Phi) is 4.90. The molecule has 2 amide bonds. The van der Waals surface area contributed by atoms with Gasteiger partial charge in [0, 0.05) is 31.4 Å². The van der Waals surface area contributed by atoms with Crippen LogP contribution in [0.5, 0.6) is 0 Å². The fourth-order valence-corrected chi connectivity index (χ4v) is 1.90. The van der Waals surface area contributed by atoms with Gasteiger partial charge in [-0.05, 0) is 23.8 Å². The van der Waals surface area contributed by atoms with E-state index >= 15 is 0 Å². The number of nitrogens with zero attached hydrogens (tertiary/aromatic N) is 1. The number of benzene rings is 2. The Morgan fingerprint density at radius 2 is 1.86 bits per heavy atom. The molecular formula is C16H18FN3O. The second-order valence-electron chi connectivity index (χ2n) is 4.78. The van der Waals surface area contributed by atoms with Crippen LogP contribution in [-0.4, -0.2) is 18.0 Å². The van der Waals surface area contributed by atoms with Gasteiger partial charge in [0.05, 0.1) is 0 Å². The highest BCUT2D eigenvalue weighted by Crippen LogP contribution is 2.12. The van der Waals surface area contributed by atoms with Gasteiger partial charge in [0.1, 0.15) is 5.82 Å². The third-order valence-electron chi connectivity index (χ3n) is 3.15. The summed E-state index contributed by atoms with van der Waals surface area (Å²) in [4.78, 5) is 13.5. The molecule has 0 fully saturated rings. The van der Waals surface area contributed by atoms with Gasteiger partial charge in [-0.25, -0.2) is 9.18 Å². The summed E-state index contributed by atoms with van der Waals surface area (Å²) in [5.74, 6) is -0.315. The molecule has 5 heteroatoms. The summed E-state index contributed by atoms with van der Waals surface area (Å²) in [5.41, 5.74) is 7.67. The van der Waals surface area contributed by atoms with Crippen molar-refractivity contribution in [3.05, 3.63) is 65.5 Å². The van der Waals surface area contributed by atoms with Gasteiger partial charge in [0.2, 0.25) is 0 Å². The maximum absolute atomic E-state index is 13.6. The molecule has 0 aliphatic heterocycles. The summed E-state index contributed by atoms with van der Waals surface area (Å²) in [5, 5.41) is 2.76.